The zero-order chi connectivity index (χ0) is 21.3. The molecular weight excluding hydrogens is 412 g/mol. The number of ether oxygens (including phenoxy) is 2. The topological polar surface area (TPSA) is 59.0 Å². The van der Waals surface area contributed by atoms with Gasteiger partial charge >= 0.3 is 6.09 Å². The average molecular weight is 440 g/mol. The minimum Gasteiger partial charge on any atom is -0.444 e. The molecule has 1 atom stereocenters. The maximum atomic E-state index is 13.4. The Morgan fingerprint density at radius 1 is 1.36 bits per heavy atom. The van der Waals surface area contributed by atoms with Crippen LogP contribution in [0.4, 0.5) is 13.6 Å². The number of piperidine rings is 1. The fourth-order valence-corrected chi connectivity index (χ4v) is 4.85. The third-order valence-electron chi connectivity index (χ3n) is 4.73. The summed E-state index contributed by atoms with van der Waals surface area (Å²) in [5, 5.41) is 10.4. The van der Waals surface area contributed by atoms with E-state index in [0.29, 0.717) is 35.1 Å². The van der Waals surface area contributed by atoms with Crippen molar-refractivity contribution in [3.05, 3.63) is 20.8 Å². The maximum Gasteiger partial charge on any atom is 0.410 e. The van der Waals surface area contributed by atoms with Crippen molar-refractivity contribution in [2.24, 2.45) is 0 Å². The fraction of sp³-hybridized carbons (Fsp3) is 0.737. The number of nitrogens with zero attached hydrogens (tertiary/aromatic N) is 1. The molecule has 1 saturated heterocycles. The van der Waals surface area contributed by atoms with Crippen LogP contribution < -0.4 is 0 Å². The second-order valence-corrected chi connectivity index (χ2v) is 9.45. The van der Waals surface area contributed by atoms with Gasteiger partial charge in [-0.05, 0) is 39.7 Å². The third kappa shape index (κ3) is 4.45. The van der Waals surface area contributed by atoms with Crippen LogP contribution in [0.1, 0.15) is 57.9 Å². The molecule has 1 spiro atoms. The lowest BCUT2D eigenvalue weighted by atomic mass is 9.80. The van der Waals surface area contributed by atoms with Crippen molar-refractivity contribution in [3.8, 4) is 0 Å². The lowest BCUT2D eigenvalue weighted by molar-refractivity contribution is -0.205. The summed E-state index contributed by atoms with van der Waals surface area (Å²) in [4.78, 5) is 14.3. The molecule has 9 heteroatoms. The molecule has 160 valence electrons. The Labute approximate surface area is 173 Å². The predicted molar refractivity (Wildman–Crippen MR) is 105 cm³/mol. The first-order chi connectivity index (χ1) is 13.0. The number of rotatable bonds is 1. The zero-order valence-corrected chi connectivity index (χ0v) is 18.4. The summed E-state index contributed by atoms with van der Waals surface area (Å²) in [5.74, 6) is 0. The zero-order valence-electron chi connectivity index (χ0n) is 16.9. The lowest BCUT2D eigenvalue weighted by Crippen LogP contribution is -2.53. The highest BCUT2D eigenvalue weighted by Crippen LogP contribution is 2.52. The van der Waals surface area contributed by atoms with Crippen molar-refractivity contribution in [3.63, 3.8) is 0 Å². The van der Waals surface area contributed by atoms with Crippen LogP contribution in [0.3, 0.4) is 0 Å². The molecule has 0 aromatic carbocycles. The first-order valence-electron chi connectivity index (χ1n) is 9.40. The molecule has 1 unspecified atom stereocenters. The van der Waals surface area contributed by atoms with Crippen LogP contribution in [0.15, 0.2) is 6.07 Å². The number of aliphatic hydroxyl groups is 1. The average Bonchev–Trinajstić information content (AvgIpc) is 3.03. The van der Waals surface area contributed by atoms with Gasteiger partial charge in [0.25, 0.3) is 6.43 Å². The van der Waals surface area contributed by atoms with Gasteiger partial charge in [-0.15, -0.1) is 11.3 Å². The van der Waals surface area contributed by atoms with Gasteiger partial charge in [0.15, 0.2) is 5.60 Å². The molecule has 0 aliphatic carbocycles. The largest absolute Gasteiger partial charge is 0.444 e. The minimum atomic E-state index is -2.98. The Hall–Kier alpha value is -0.960. The van der Waals surface area contributed by atoms with E-state index >= 15 is 0 Å². The standard InChI is InChI=1S/C17H22ClF2NO4S.C2H6/c1-15(2,3)25-14(22)21-6-4-16(5-7-21)12-10(8-11(18)26-12)17(23,9-24-16)13(19)20;1-2/h8,13,23H,4-7,9H2,1-3H3;1-2H3. The molecule has 1 amide bonds. The Morgan fingerprint density at radius 2 is 1.93 bits per heavy atom. The van der Waals surface area contributed by atoms with Gasteiger partial charge in [0.1, 0.15) is 11.2 Å². The number of likely N-dealkylation sites (tertiary alicyclic amines) is 1. The van der Waals surface area contributed by atoms with E-state index in [1.54, 1.807) is 25.7 Å². The van der Waals surface area contributed by atoms with E-state index in [1.165, 1.54) is 6.07 Å². The Balaban J connectivity index is 0.00000136. The van der Waals surface area contributed by atoms with Crippen LogP contribution in [-0.2, 0) is 20.7 Å². The van der Waals surface area contributed by atoms with Crippen molar-refractivity contribution in [1.82, 2.24) is 4.90 Å². The number of hydrogen-bond donors (Lipinski definition) is 1. The number of halogens is 3. The Bertz CT molecular complexity index is 699. The molecule has 3 rings (SSSR count). The number of carbonyl (C=O) groups excluding carboxylic acids is 1. The molecule has 1 N–H and O–H groups in total. The van der Waals surface area contributed by atoms with Gasteiger partial charge in [-0.2, -0.15) is 0 Å². The van der Waals surface area contributed by atoms with Gasteiger partial charge < -0.3 is 19.5 Å². The number of alkyl halides is 2. The molecule has 2 aliphatic heterocycles. The lowest BCUT2D eigenvalue weighted by Gasteiger charge is -2.47. The Morgan fingerprint density at radius 3 is 2.43 bits per heavy atom. The fourth-order valence-electron chi connectivity index (χ4n) is 3.34. The summed E-state index contributed by atoms with van der Waals surface area (Å²) < 4.78 is 38.4. The van der Waals surface area contributed by atoms with Crippen LogP contribution in [-0.4, -0.2) is 47.8 Å². The minimum absolute atomic E-state index is 0.138. The normalized spacial score (nSPS) is 23.9. The smallest absolute Gasteiger partial charge is 0.410 e. The van der Waals surface area contributed by atoms with E-state index in [4.69, 9.17) is 21.1 Å². The molecule has 1 fully saturated rings. The molecule has 28 heavy (non-hydrogen) atoms. The van der Waals surface area contributed by atoms with Gasteiger partial charge in [0, 0.05) is 23.5 Å². The number of fused-ring (bicyclic) bond motifs is 2. The SMILES string of the molecule is CC.CC(C)(C)OC(=O)N1CCC2(CC1)OCC(O)(C(F)F)c1cc(Cl)sc12. The van der Waals surface area contributed by atoms with Gasteiger partial charge in [0.2, 0.25) is 0 Å². The van der Waals surface area contributed by atoms with Crippen LogP contribution in [0.5, 0.6) is 0 Å². The molecular formula is C19H28ClF2NO4S. The molecule has 0 radical (unpaired) electrons. The molecule has 1 aromatic heterocycles. The van der Waals surface area contributed by atoms with Crippen LogP contribution in [0.25, 0.3) is 0 Å². The number of thiophene rings is 1. The highest BCUT2D eigenvalue weighted by atomic mass is 35.5. The molecule has 0 bridgehead atoms. The number of carbonyl (C=O) groups is 1. The van der Waals surface area contributed by atoms with Crippen LogP contribution in [0, 0.1) is 0 Å². The van der Waals surface area contributed by atoms with Crippen molar-refractivity contribution in [1.29, 1.82) is 0 Å². The van der Waals surface area contributed by atoms with E-state index in [1.807, 2.05) is 13.8 Å². The first-order valence-corrected chi connectivity index (χ1v) is 10.6. The molecule has 0 saturated carbocycles. The third-order valence-corrected chi connectivity index (χ3v) is 6.18. The summed E-state index contributed by atoms with van der Waals surface area (Å²) in [6, 6.07) is 1.40. The molecule has 3 heterocycles. The summed E-state index contributed by atoms with van der Waals surface area (Å²) in [7, 11) is 0. The number of amides is 1. The van der Waals surface area contributed by atoms with Gasteiger partial charge in [-0.3, -0.25) is 0 Å². The van der Waals surface area contributed by atoms with Gasteiger partial charge in [-0.25, -0.2) is 13.6 Å². The second kappa shape index (κ2) is 8.42. The van der Waals surface area contributed by atoms with Gasteiger partial charge in [0.05, 0.1) is 10.9 Å². The number of hydrogen-bond acceptors (Lipinski definition) is 5. The summed E-state index contributed by atoms with van der Waals surface area (Å²) in [6.45, 7) is 9.63. The van der Waals surface area contributed by atoms with E-state index in [2.05, 4.69) is 0 Å². The van der Waals surface area contributed by atoms with E-state index in [9.17, 15) is 18.7 Å². The first kappa shape index (κ1) is 23.3. The second-order valence-electron chi connectivity index (χ2n) is 7.77. The highest BCUT2D eigenvalue weighted by Gasteiger charge is 2.54. The monoisotopic (exact) mass is 439 g/mol. The van der Waals surface area contributed by atoms with Crippen molar-refractivity contribution in [2.75, 3.05) is 19.7 Å². The summed E-state index contributed by atoms with van der Waals surface area (Å²) in [5.41, 5.74) is -3.62. The maximum absolute atomic E-state index is 13.4. The summed E-state index contributed by atoms with van der Waals surface area (Å²) >= 11 is 7.21. The van der Waals surface area contributed by atoms with Crippen molar-refractivity contribution >= 4 is 29.0 Å². The van der Waals surface area contributed by atoms with E-state index in [0.717, 1.165) is 11.3 Å². The molecule has 2 aliphatic rings. The summed E-state index contributed by atoms with van der Waals surface area (Å²) in [6.07, 6.45) is -2.53. The van der Waals surface area contributed by atoms with Crippen LogP contribution in [0.2, 0.25) is 4.34 Å². The van der Waals surface area contributed by atoms with Gasteiger partial charge in [-0.1, -0.05) is 25.4 Å². The molecule has 1 aromatic rings. The molecule has 5 nitrogen and oxygen atoms in total. The van der Waals surface area contributed by atoms with E-state index in [-0.39, 0.29) is 5.56 Å². The van der Waals surface area contributed by atoms with E-state index < -0.39 is 35.9 Å². The highest BCUT2D eigenvalue weighted by molar-refractivity contribution is 7.16. The van der Waals surface area contributed by atoms with Crippen molar-refractivity contribution in [2.45, 2.75) is 70.7 Å². The van der Waals surface area contributed by atoms with Crippen LogP contribution >= 0.6 is 22.9 Å². The quantitative estimate of drug-likeness (QED) is 0.658. The Kier molecular flexibility index (Phi) is 7.01. The van der Waals surface area contributed by atoms with Crippen molar-refractivity contribution < 1.29 is 28.2 Å². The predicted octanol–water partition coefficient (Wildman–Crippen LogP) is 5.14.